The Morgan fingerprint density at radius 1 is 1.38 bits per heavy atom. The van der Waals surface area contributed by atoms with E-state index in [0.717, 1.165) is 5.56 Å². The van der Waals surface area contributed by atoms with Gasteiger partial charge in [-0.25, -0.2) is 19.9 Å². The molecule has 8 heteroatoms. The third-order valence-electron chi connectivity index (χ3n) is 2.51. The summed E-state index contributed by atoms with van der Waals surface area (Å²) in [5, 5.41) is 7.62. The average Bonchev–Trinajstić information content (AvgIpc) is 3.00. The van der Waals surface area contributed by atoms with Gasteiger partial charge in [-0.2, -0.15) is 10.2 Å². The molecule has 108 valence electrons. The van der Waals surface area contributed by atoms with Gasteiger partial charge in [0.25, 0.3) is 5.91 Å². The predicted octanol–water partition coefficient (Wildman–Crippen LogP) is 0.215. The summed E-state index contributed by atoms with van der Waals surface area (Å²) in [6.45, 7) is 0.0403. The summed E-state index contributed by atoms with van der Waals surface area (Å²) < 4.78 is 5.98. The minimum absolute atomic E-state index is 0.0403. The monoisotopic (exact) mass is 287 g/mol. The molecule has 1 aromatic carbocycles. The van der Waals surface area contributed by atoms with E-state index in [-0.39, 0.29) is 12.5 Å². The van der Waals surface area contributed by atoms with Gasteiger partial charge in [-0.15, -0.1) is 0 Å². The first-order valence-corrected chi connectivity index (χ1v) is 6.02. The number of ether oxygens (including phenoxy) is 1. The maximum Gasteiger partial charge on any atom is 0.337 e. The number of hydrazone groups is 1. The molecule has 1 N–H and O–H groups in total. The molecule has 21 heavy (non-hydrogen) atoms. The van der Waals surface area contributed by atoms with Crippen LogP contribution in [0.2, 0.25) is 0 Å². The fraction of sp³-hybridized carbons (Fsp3) is 0.154. The minimum atomic E-state index is -0.403. The first-order valence-electron chi connectivity index (χ1n) is 6.02. The summed E-state index contributed by atoms with van der Waals surface area (Å²) in [7, 11) is 1.32. The van der Waals surface area contributed by atoms with Gasteiger partial charge in [-0.3, -0.25) is 4.79 Å². The zero-order valence-electron chi connectivity index (χ0n) is 11.3. The number of methoxy groups -OCH3 is 1. The number of esters is 1. The van der Waals surface area contributed by atoms with Gasteiger partial charge >= 0.3 is 5.97 Å². The molecule has 0 aliphatic carbocycles. The van der Waals surface area contributed by atoms with Crippen LogP contribution in [-0.2, 0) is 16.1 Å². The topological polar surface area (TPSA) is 98.5 Å². The lowest BCUT2D eigenvalue weighted by molar-refractivity contribution is -0.121. The van der Waals surface area contributed by atoms with Crippen LogP contribution in [-0.4, -0.2) is 40.0 Å². The third kappa shape index (κ3) is 4.23. The van der Waals surface area contributed by atoms with Crippen LogP contribution in [0.25, 0.3) is 0 Å². The van der Waals surface area contributed by atoms with Crippen molar-refractivity contribution in [2.75, 3.05) is 7.11 Å². The maximum absolute atomic E-state index is 11.5. The molecule has 0 saturated heterocycles. The van der Waals surface area contributed by atoms with Crippen LogP contribution in [0.4, 0.5) is 0 Å². The lowest BCUT2D eigenvalue weighted by Gasteiger charge is -2.00. The molecular weight excluding hydrogens is 274 g/mol. The third-order valence-corrected chi connectivity index (χ3v) is 2.51. The van der Waals surface area contributed by atoms with Crippen molar-refractivity contribution in [1.29, 1.82) is 0 Å². The number of rotatable bonds is 5. The number of amides is 1. The number of hydrogen-bond acceptors (Lipinski definition) is 6. The number of nitrogens with one attached hydrogen (secondary N) is 1. The highest BCUT2D eigenvalue weighted by Crippen LogP contribution is 2.03. The van der Waals surface area contributed by atoms with Crippen molar-refractivity contribution in [2.45, 2.75) is 6.54 Å². The Morgan fingerprint density at radius 2 is 2.14 bits per heavy atom. The lowest BCUT2D eigenvalue weighted by Crippen LogP contribution is -2.23. The Balaban J connectivity index is 1.86. The van der Waals surface area contributed by atoms with Crippen molar-refractivity contribution in [2.24, 2.45) is 5.10 Å². The molecule has 2 rings (SSSR count). The number of benzene rings is 1. The smallest absolute Gasteiger partial charge is 0.337 e. The molecule has 2 aromatic rings. The normalized spacial score (nSPS) is 10.5. The average molecular weight is 287 g/mol. The van der Waals surface area contributed by atoms with Crippen molar-refractivity contribution in [3.8, 4) is 0 Å². The zero-order chi connectivity index (χ0) is 15.1. The van der Waals surface area contributed by atoms with Crippen LogP contribution in [0.3, 0.4) is 0 Å². The molecule has 8 nitrogen and oxygen atoms in total. The summed E-state index contributed by atoms with van der Waals surface area (Å²) in [4.78, 5) is 26.5. The summed E-state index contributed by atoms with van der Waals surface area (Å²) in [6.07, 6.45) is 4.26. The second kappa shape index (κ2) is 6.94. The first-order chi connectivity index (χ1) is 10.2. The number of aromatic nitrogens is 3. The highest BCUT2D eigenvalue weighted by molar-refractivity contribution is 5.90. The number of carbonyl (C=O) groups is 2. The first kappa shape index (κ1) is 14.4. The quantitative estimate of drug-likeness (QED) is 0.481. The predicted molar refractivity (Wildman–Crippen MR) is 73.5 cm³/mol. The number of carbonyl (C=O) groups excluding carboxylic acids is 2. The van der Waals surface area contributed by atoms with Gasteiger partial charge in [0, 0.05) is 0 Å². The number of nitrogens with zero attached hydrogens (tertiary/aromatic N) is 4. The highest BCUT2D eigenvalue weighted by atomic mass is 16.5. The van der Waals surface area contributed by atoms with Crippen molar-refractivity contribution in [3.05, 3.63) is 48.0 Å². The molecule has 1 amide bonds. The van der Waals surface area contributed by atoms with Gasteiger partial charge in [-0.05, 0) is 17.7 Å². The second-order valence-corrected chi connectivity index (χ2v) is 4.00. The molecule has 0 saturated carbocycles. The molecule has 0 spiro atoms. The van der Waals surface area contributed by atoms with Crippen LogP contribution < -0.4 is 5.43 Å². The van der Waals surface area contributed by atoms with E-state index in [4.69, 9.17) is 0 Å². The summed E-state index contributed by atoms with van der Waals surface area (Å²) >= 11 is 0. The Bertz CT molecular complexity index is 634. The summed E-state index contributed by atoms with van der Waals surface area (Å²) in [5.74, 6) is -0.720. The molecular formula is C13H13N5O3. The molecule has 0 fully saturated rings. The molecule has 0 aliphatic heterocycles. The minimum Gasteiger partial charge on any atom is -0.465 e. The maximum atomic E-state index is 11.5. The van der Waals surface area contributed by atoms with E-state index in [1.807, 2.05) is 0 Å². The van der Waals surface area contributed by atoms with E-state index < -0.39 is 5.97 Å². The molecule has 1 aromatic heterocycles. The van der Waals surface area contributed by atoms with Gasteiger partial charge in [0.15, 0.2) is 0 Å². The van der Waals surface area contributed by atoms with E-state index in [1.54, 1.807) is 24.3 Å². The zero-order valence-corrected chi connectivity index (χ0v) is 11.3. The Hall–Kier alpha value is -3.03. The molecule has 1 heterocycles. The van der Waals surface area contributed by atoms with Gasteiger partial charge in [0.1, 0.15) is 19.2 Å². The van der Waals surface area contributed by atoms with Crippen LogP contribution in [0, 0.1) is 0 Å². The molecule has 0 bridgehead atoms. The summed E-state index contributed by atoms with van der Waals surface area (Å²) in [5.41, 5.74) is 3.56. The molecule has 0 unspecified atom stereocenters. The highest BCUT2D eigenvalue weighted by Gasteiger charge is 2.03. The van der Waals surface area contributed by atoms with Crippen molar-refractivity contribution in [3.63, 3.8) is 0 Å². The number of hydrogen-bond donors (Lipinski definition) is 1. The second-order valence-electron chi connectivity index (χ2n) is 4.00. The Kier molecular flexibility index (Phi) is 4.75. The standard InChI is InChI=1S/C13H13N5O3/c1-21-13(20)11-4-2-10(3-5-11)6-15-17-12(19)7-18-9-14-8-16-18/h2-6,8-9H,7H2,1H3,(H,17,19)/b15-6-. The van der Waals surface area contributed by atoms with Gasteiger partial charge in [0.05, 0.1) is 18.9 Å². The van der Waals surface area contributed by atoms with E-state index >= 15 is 0 Å². The van der Waals surface area contributed by atoms with E-state index in [2.05, 4.69) is 25.3 Å². The molecule has 0 atom stereocenters. The van der Waals surface area contributed by atoms with E-state index in [1.165, 1.54) is 30.7 Å². The van der Waals surface area contributed by atoms with Crippen molar-refractivity contribution < 1.29 is 14.3 Å². The Morgan fingerprint density at radius 3 is 2.76 bits per heavy atom. The van der Waals surface area contributed by atoms with Gasteiger partial charge in [0.2, 0.25) is 0 Å². The van der Waals surface area contributed by atoms with Gasteiger partial charge < -0.3 is 4.74 Å². The summed E-state index contributed by atoms with van der Waals surface area (Å²) in [6, 6.07) is 6.62. The fourth-order valence-corrected chi connectivity index (χ4v) is 1.50. The van der Waals surface area contributed by atoms with Gasteiger partial charge in [-0.1, -0.05) is 12.1 Å². The van der Waals surface area contributed by atoms with E-state index in [9.17, 15) is 9.59 Å². The Labute approximate surface area is 120 Å². The largest absolute Gasteiger partial charge is 0.465 e. The SMILES string of the molecule is COC(=O)c1ccc(/C=N\NC(=O)Cn2cncn2)cc1. The molecule has 0 aliphatic rings. The van der Waals surface area contributed by atoms with Crippen LogP contribution in [0.1, 0.15) is 15.9 Å². The van der Waals surface area contributed by atoms with Crippen molar-refractivity contribution >= 4 is 18.1 Å². The van der Waals surface area contributed by atoms with E-state index in [0.29, 0.717) is 5.56 Å². The van der Waals surface area contributed by atoms with Crippen LogP contribution in [0.15, 0.2) is 42.0 Å². The lowest BCUT2D eigenvalue weighted by atomic mass is 10.1. The van der Waals surface area contributed by atoms with Crippen LogP contribution >= 0.6 is 0 Å². The van der Waals surface area contributed by atoms with Crippen LogP contribution in [0.5, 0.6) is 0 Å². The fourth-order valence-electron chi connectivity index (χ4n) is 1.50. The molecule has 0 radical (unpaired) electrons. The van der Waals surface area contributed by atoms with Crippen molar-refractivity contribution in [1.82, 2.24) is 20.2 Å².